The number of hydrogen-bond donors (Lipinski definition) is 2. The van der Waals surface area contributed by atoms with E-state index in [2.05, 4.69) is 20.8 Å². The number of halogens is 3. The van der Waals surface area contributed by atoms with Crippen LogP contribution in [0.4, 0.5) is 13.2 Å². The van der Waals surface area contributed by atoms with E-state index in [0.29, 0.717) is 0 Å². The van der Waals surface area contributed by atoms with Gasteiger partial charge < -0.3 is 10.8 Å². The predicted molar refractivity (Wildman–Crippen MR) is 46.9 cm³/mol. The first-order valence-electron chi connectivity index (χ1n) is 4.09. The zero-order chi connectivity index (χ0) is 12.0. The smallest absolute Gasteiger partial charge is 0.475 e. The van der Waals surface area contributed by atoms with Crippen LogP contribution in [0.1, 0.15) is 33.6 Å². The van der Waals surface area contributed by atoms with E-state index >= 15 is 0 Å². The van der Waals surface area contributed by atoms with Gasteiger partial charge in [0, 0.05) is 5.54 Å². The van der Waals surface area contributed by atoms with E-state index in [0.717, 1.165) is 6.42 Å². The minimum absolute atomic E-state index is 0.0503. The Morgan fingerprint density at radius 3 is 1.64 bits per heavy atom. The average Bonchev–Trinajstić information content (AvgIpc) is 1.82. The summed E-state index contributed by atoms with van der Waals surface area (Å²) in [5.74, 6) is -2.76. The fourth-order valence-electron chi connectivity index (χ4n) is 0.644. The molecule has 0 aromatic heterocycles. The van der Waals surface area contributed by atoms with Gasteiger partial charge in [-0.3, -0.25) is 0 Å². The first-order chi connectivity index (χ1) is 6.00. The summed E-state index contributed by atoms with van der Waals surface area (Å²) in [4.78, 5) is 8.90. The molecule has 0 saturated carbocycles. The molecule has 0 aliphatic carbocycles. The van der Waals surface area contributed by atoms with Crippen molar-refractivity contribution in [3.63, 3.8) is 0 Å². The van der Waals surface area contributed by atoms with Crippen LogP contribution in [-0.2, 0) is 4.79 Å². The number of aliphatic carboxylic acids is 1. The van der Waals surface area contributed by atoms with Gasteiger partial charge >= 0.3 is 12.1 Å². The number of carboxylic acid groups (broad SMARTS) is 1. The first-order valence-corrected chi connectivity index (χ1v) is 4.09. The third-order valence-electron chi connectivity index (χ3n) is 1.14. The maximum Gasteiger partial charge on any atom is 0.490 e. The molecule has 0 atom stereocenters. The van der Waals surface area contributed by atoms with Crippen LogP contribution in [0.3, 0.4) is 0 Å². The standard InChI is InChI=1S/C6H15N.C2HF3O2/c1-4-5-6(2,3)7;3-2(4,5)1(6)7/h4-5,7H2,1-3H3;(H,6,7). The molecular weight excluding hydrogens is 199 g/mol. The molecule has 0 rings (SSSR count). The number of alkyl halides is 3. The van der Waals surface area contributed by atoms with Gasteiger partial charge in [-0.05, 0) is 20.3 Å². The molecule has 0 aromatic rings. The van der Waals surface area contributed by atoms with Gasteiger partial charge in [0.15, 0.2) is 0 Å². The van der Waals surface area contributed by atoms with Gasteiger partial charge in [-0.2, -0.15) is 13.2 Å². The number of carbonyl (C=O) groups is 1. The summed E-state index contributed by atoms with van der Waals surface area (Å²) < 4.78 is 31.7. The number of hydrogen-bond acceptors (Lipinski definition) is 2. The normalized spacial score (nSPS) is 11.6. The first kappa shape index (κ1) is 15.7. The SMILES string of the molecule is CCCC(C)(C)N.O=C(O)C(F)(F)F. The molecule has 0 fully saturated rings. The summed E-state index contributed by atoms with van der Waals surface area (Å²) in [6.07, 6.45) is -2.78. The molecule has 3 N–H and O–H groups in total. The monoisotopic (exact) mass is 215 g/mol. The summed E-state index contributed by atoms with van der Waals surface area (Å²) in [7, 11) is 0. The van der Waals surface area contributed by atoms with Crippen molar-refractivity contribution in [1.82, 2.24) is 0 Å². The van der Waals surface area contributed by atoms with Gasteiger partial charge in [-0.15, -0.1) is 0 Å². The summed E-state index contributed by atoms with van der Waals surface area (Å²) in [5, 5.41) is 7.12. The summed E-state index contributed by atoms with van der Waals surface area (Å²) in [6.45, 7) is 6.25. The van der Waals surface area contributed by atoms with Crippen molar-refractivity contribution in [3.05, 3.63) is 0 Å². The Kier molecular flexibility index (Phi) is 6.55. The van der Waals surface area contributed by atoms with Crippen molar-refractivity contribution >= 4 is 5.97 Å². The Labute approximate surface area is 81.1 Å². The van der Waals surface area contributed by atoms with Crippen LogP contribution in [-0.4, -0.2) is 22.8 Å². The Balaban J connectivity index is 0. The molecule has 0 saturated heterocycles. The molecule has 0 heterocycles. The van der Waals surface area contributed by atoms with E-state index in [-0.39, 0.29) is 5.54 Å². The predicted octanol–water partition coefficient (Wildman–Crippen LogP) is 2.16. The lowest BCUT2D eigenvalue weighted by atomic mass is 10.0. The lowest BCUT2D eigenvalue weighted by molar-refractivity contribution is -0.192. The lowest BCUT2D eigenvalue weighted by Crippen LogP contribution is -2.31. The largest absolute Gasteiger partial charge is 0.490 e. The number of carboxylic acids is 1. The second-order valence-corrected chi connectivity index (χ2v) is 3.54. The van der Waals surface area contributed by atoms with E-state index in [4.69, 9.17) is 15.6 Å². The van der Waals surface area contributed by atoms with Crippen LogP contribution in [0, 0.1) is 0 Å². The zero-order valence-corrected chi connectivity index (χ0v) is 8.48. The van der Waals surface area contributed by atoms with Crippen molar-refractivity contribution in [2.45, 2.75) is 45.3 Å². The highest BCUT2D eigenvalue weighted by molar-refractivity contribution is 5.73. The molecule has 0 spiro atoms. The van der Waals surface area contributed by atoms with E-state index in [9.17, 15) is 13.2 Å². The molecule has 3 nitrogen and oxygen atoms in total. The molecule has 0 aliphatic heterocycles. The van der Waals surface area contributed by atoms with Gasteiger partial charge in [-0.25, -0.2) is 4.79 Å². The minimum atomic E-state index is -5.08. The fraction of sp³-hybridized carbons (Fsp3) is 0.875. The van der Waals surface area contributed by atoms with Crippen LogP contribution in [0.5, 0.6) is 0 Å². The average molecular weight is 215 g/mol. The number of rotatable bonds is 2. The summed E-state index contributed by atoms with van der Waals surface area (Å²) >= 11 is 0. The molecule has 0 radical (unpaired) electrons. The topological polar surface area (TPSA) is 63.3 Å². The second kappa shape index (κ2) is 5.85. The highest BCUT2D eigenvalue weighted by atomic mass is 19.4. The van der Waals surface area contributed by atoms with Crippen molar-refractivity contribution in [3.8, 4) is 0 Å². The van der Waals surface area contributed by atoms with Gasteiger partial charge in [0.2, 0.25) is 0 Å². The van der Waals surface area contributed by atoms with E-state index in [1.165, 1.54) is 6.42 Å². The molecule has 0 unspecified atom stereocenters. The number of nitrogens with two attached hydrogens (primary N) is 1. The Morgan fingerprint density at radius 1 is 1.36 bits per heavy atom. The van der Waals surface area contributed by atoms with Crippen molar-refractivity contribution < 1.29 is 23.1 Å². The van der Waals surface area contributed by atoms with Crippen molar-refractivity contribution in [2.75, 3.05) is 0 Å². The zero-order valence-electron chi connectivity index (χ0n) is 8.48. The molecule has 6 heteroatoms. The van der Waals surface area contributed by atoms with E-state index in [1.54, 1.807) is 0 Å². The molecule has 86 valence electrons. The van der Waals surface area contributed by atoms with Gasteiger partial charge in [-0.1, -0.05) is 13.3 Å². The van der Waals surface area contributed by atoms with Crippen LogP contribution < -0.4 is 5.73 Å². The molecule has 0 bridgehead atoms. The van der Waals surface area contributed by atoms with Gasteiger partial charge in [0.05, 0.1) is 0 Å². The molecular formula is C8H16F3NO2. The quantitative estimate of drug-likeness (QED) is 0.741. The Hall–Kier alpha value is -0.780. The van der Waals surface area contributed by atoms with Crippen LogP contribution in [0.15, 0.2) is 0 Å². The van der Waals surface area contributed by atoms with Crippen LogP contribution in [0.2, 0.25) is 0 Å². The second-order valence-electron chi connectivity index (χ2n) is 3.54. The van der Waals surface area contributed by atoms with Gasteiger partial charge in [0.25, 0.3) is 0 Å². The van der Waals surface area contributed by atoms with Crippen LogP contribution in [0.25, 0.3) is 0 Å². The maximum atomic E-state index is 10.6. The minimum Gasteiger partial charge on any atom is -0.475 e. The van der Waals surface area contributed by atoms with Crippen LogP contribution >= 0.6 is 0 Å². The molecule has 14 heavy (non-hydrogen) atoms. The third kappa shape index (κ3) is 13.8. The van der Waals surface area contributed by atoms with E-state index in [1.807, 2.05) is 0 Å². The third-order valence-corrected chi connectivity index (χ3v) is 1.14. The Morgan fingerprint density at radius 2 is 1.64 bits per heavy atom. The van der Waals surface area contributed by atoms with Gasteiger partial charge in [0.1, 0.15) is 0 Å². The summed E-state index contributed by atoms with van der Waals surface area (Å²) in [5.41, 5.74) is 5.70. The highest BCUT2D eigenvalue weighted by Crippen LogP contribution is 2.13. The molecule has 0 aliphatic rings. The summed E-state index contributed by atoms with van der Waals surface area (Å²) in [6, 6.07) is 0. The molecule has 0 aromatic carbocycles. The maximum absolute atomic E-state index is 10.6. The highest BCUT2D eigenvalue weighted by Gasteiger charge is 2.38. The van der Waals surface area contributed by atoms with Crippen molar-refractivity contribution in [2.24, 2.45) is 5.73 Å². The van der Waals surface area contributed by atoms with E-state index < -0.39 is 12.1 Å². The lowest BCUT2D eigenvalue weighted by Gasteiger charge is -2.15. The molecule has 0 amide bonds. The van der Waals surface area contributed by atoms with Crippen molar-refractivity contribution in [1.29, 1.82) is 0 Å². The fourth-order valence-corrected chi connectivity index (χ4v) is 0.644. The Bertz CT molecular complexity index is 172.